The van der Waals surface area contributed by atoms with Gasteiger partial charge >= 0.3 is 0 Å². The number of carbonyl (C=O) groups is 2. The molecule has 136 valence electrons. The number of aromatic nitrogens is 1. The van der Waals surface area contributed by atoms with Crippen LogP contribution in [0.2, 0.25) is 0 Å². The SMILES string of the molecule is CC(=O)C(CC(=O)Nc1ccccc1)N1CCN(c2ccccn2)CC1. The van der Waals surface area contributed by atoms with Gasteiger partial charge in [0.25, 0.3) is 0 Å². The fourth-order valence-electron chi connectivity index (χ4n) is 3.24. The summed E-state index contributed by atoms with van der Waals surface area (Å²) in [5.41, 5.74) is 0.750. The van der Waals surface area contributed by atoms with Crippen molar-refractivity contribution in [2.24, 2.45) is 0 Å². The van der Waals surface area contributed by atoms with Gasteiger partial charge in [-0.3, -0.25) is 14.5 Å². The number of Topliss-reactive ketones (excluding diaryl/α,β-unsaturated/α-hetero) is 1. The van der Waals surface area contributed by atoms with Crippen molar-refractivity contribution in [1.29, 1.82) is 0 Å². The van der Waals surface area contributed by atoms with Gasteiger partial charge in [-0.05, 0) is 31.2 Å². The first kappa shape index (κ1) is 18.1. The molecule has 1 unspecified atom stereocenters. The molecule has 1 N–H and O–H groups in total. The van der Waals surface area contributed by atoms with E-state index >= 15 is 0 Å². The van der Waals surface area contributed by atoms with E-state index in [1.54, 1.807) is 13.1 Å². The Morgan fingerprint density at radius 1 is 1.04 bits per heavy atom. The molecule has 1 aromatic heterocycles. The number of rotatable bonds is 6. The normalized spacial score (nSPS) is 16.1. The molecule has 0 spiro atoms. The van der Waals surface area contributed by atoms with Crippen LogP contribution in [0.4, 0.5) is 11.5 Å². The Balaban J connectivity index is 1.57. The molecule has 6 heteroatoms. The molecule has 0 radical (unpaired) electrons. The number of hydrogen-bond acceptors (Lipinski definition) is 5. The molecular formula is C20H24N4O2. The minimum atomic E-state index is -0.385. The molecule has 1 fully saturated rings. The lowest BCUT2D eigenvalue weighted by Gasteiger charge is -2.38. The Kier molecular flexibility index (Phi) is 5.96. The highest BCUT2D eigenvalue weighted by atomic mass is 16.2. The third-order valence-corrected chi connectivity index (χ3v) is 4.63. The Hall–Kier alpha value is -2.73. The number of piperazine rings is 1. The summed E-state index contributed by atoms with van der Waals surface area (Å²) in [6.07, 6.45) is 1.96. The zero-order valence-electron chi connectivity index (χ0n) is 15.0. The number of amides is 1. The van der Waals surface area contributed by atoms with Gasteiger partial charge in [-0.1, -0.05) is 24.3 Å². The highest BCUT2D eigenvalue weighted by Crippen LogP contribution is 2.16. The number of anilines is 2. The van der Waals surface area contributed by atoms with Gasteiger partial charge in [-0.2, -0.15) is 0 Å². The average molecular weight is 352 g/mol. The van der Waals surface area contributed by atoms with Crippen molar-refractivity contribution in [3.8, 4) is 0 Å². The van der Waals surface area contributed by atoms with E-state index in [2.05, 4.69) is 20.1 Å². The quantitative estimate of drug-likeness (QED) is 0.863. The summed E-state index contributed by atoms with van der Waals surface area (Å²) < 4.78 is 0. The highest BCUT2D eigenvalue weighted by molar-refractivity contribution is 5.95. The zero-order valence-corrected chi connectivity index (χ0v) is 15.0. The molecule has 0 saturated carbocycles. The van der Waals surface area contributed by atoms with Crippen LogP contribution < -0.4 is 10.2 Å². The number of pyridine rings is 1. The van der Waals surface area contributed by atoms with Crippen molar-refractivity contribution in [2.75, 3.05) is 36.4 Å². The smallest absolute Gasteiger partial charge is 0.226 e. The van der Waals surface area contributed by atoms with E-state index in [-0.39, 0.29) is 24.2 Å². The molecule has 1 aliphatic rings. The van der Waals surface area contributed by atoms with Crippen molar-refractivity contribution in [3.05, 3.63) is 54.7 Å². The van der Waals surface area contributed by atoms with E-state index in [0.29, 0.717) is 0 Å². The summed E-state index contributed by atoms with van der Waals surface area (Å²) in [5, 5.41) is 2.86. The largest absolute Gasteiger partial charge is 0.354 e. The maximum absolute atomic E-state index is 12.3. The van der Waals surface area contributed by atoms with Gasteiger partial charge in [-0.15, -0.1) is 0 Å². The molecule has 2 heterocycles. The van der Waals surface area contributed by atoms with Crippen LogP contribution in [0.1, 0.15) is 13.3 Å². The number of ketones is 1. The zero-order chi connectivity index (χ0) is 18.4. The van der Waals surface area contributed by atoms with Gasteiger partial charge in [0.2, 0.25) is 5.91 Å². The molecule has 1 aliphatic heterocycles. The number of benzene rings is 1. The van der Waals surface area contributed by atoms with Crippen molar-refractivity contribution in [2.45, 2.75) is 19.4 Å². The van der Waals surface area contributed by atoms with E-state index in [9.17, 15) is 9.59 Å². The van der Waals surface area contributed by atoms with E-state index in [4.69, 9.17) is 0 Å². The molecule has 1 aromatic carbocycles. The predicted molar refractivity (Wildman–Crippen MR) is 102 cm³/mol. The van der Waals surface area contributed by atoms with Crippen molar-refractivity contribution in [3.63, 3.8) is 0 Å². The highest BCUT2D eigenvalue weighted by Gasteiger charge is 2.29. The molecule has 1 amide bonds. The van der Waals surface area contributed by atoms with Gasteiger partial charge in [0.05, 0.1) is 6.04 Å². The van der Waals surface area contributed by atoms with Gasteiger partial charge in [0, 0.05) is 44.5 Å². The van der Waals surface area contributed by atoms with Crippen LogP contribution in [0, 0.1) is 0 Å². The fourth-order valence-corrected chi connectivity index (χ4v) is 3.24. The Labute approximate surface area is 153 Å². The minimum absolute atomic E-state index is 0.0273. The van der Waals surface area contributed by atoms with Crippen LogP contribution in [0.5, 0.6) is 0 Å². The molecule has 6 nitrogen and oxygen atoms in total. The van der Waals surface area contributed by atoms with Crippen LogP contribution in [0.15, 0.2) is 54.7 Å². The van der Waals surface area contributed by atoms with Crippen molar-refractivity contribution in [1.82, 2.24) is 9.88 Å². The predicted octanol–water partition coefficient (Wildman–Crippen LogP) is 2.19. The molecule has 0 aliphatic carbocycles. The number of nitrogens with zero attached hydrogens (tertiary/aromatic N) is 3. The summed E-state index contributed by atoms with van der Waals surface area (Å²) in [6.45, 7) is 4.62. The Bertz CT molecular complexity index is 728. The fraction of sp³-hybridized carbons (Fsp3) is 0.350. The third-order valence-electron chi connectivity index (χ3n) is 4.63. The van der Waals surface area contributed by atoms with Crippen LogP contribution in [0.25, 0.3) is 0 Å². The first-order chi connectivity index (χ1) is 12.6. The summed E-state index contributed by atoms with van der Waals surface area (Å²) in [6, 6.07) is 14.8. The van der Waals surface area contributed by atoms with E-state index in [1.807, 2.05) is 48.5 Å². The van der Waals surface area contributed by atoms with E-state index in [1.165, 1.54) is 0 Å². The maximum atomic E-state index is 12.3. The topological polar surface area (TPSA) is 65.5 Å². The van der Waals surface area contributed by atoms with Gasteiger partial charge < -0.3 is 10.2 Å². The van der Waals surface area contributed by atoms with Crippen LogP contribution >= 0.6 is 0 Å². The summed E-state index contributed by atoms with van der Waals surface area (Å²) in [5.74, 6) is 0.844. The second-order valence-corrected chi connectivity index (χ2v) is 6.46. The van der Waals surface area contributed by atoms with Crippen molar-refractivity contribution >= 4 is 23.2 Å². The maximum Gasteiger partial charge on any atom is 0.226 e. The molecular weight excluding hydrogens is 328 g/mol. The summed E-state index contributed by atoms with van der Waals surface area (Å²) in [7, 11) is 0. The second kappa shape index (κ2) is 8.58. The molecule has 1 atom stereocenters. The standard InChI is InChI=1S/C20H24N4O2/c1-16(25)18(15-20(26)22-17-7-3-2-4-8-17)23-11-13-24(14-12-23)19-9-5-6-10-21-19/h2-10,18H,11-15H2,1H3,(H,22,26). The van der Waals surface area contributed by atoms with Crippen LogP contribution in [-0.2, 0) is 9.59 Å². The first-order valence-electron chi connectivity index (χ1n) is 8.89. The van der Waals surface area contributed by atoms with Gasteiger partial charge in [0.15, 0.2) is 0 Å². The Morgan fingerprint density at radius 2 is 1.73 bits per heavy atom. The lowest BCUT2D eigenvalue weighted by atomic mass is 10.1. The molecule has 3 rings (SSSR count). The van der Waals surface area contributed by atoms with Crippen LogP contribution in [0.3, 0.4) is 0 Å². The average Bonchev–Trinajstić information content (AvgIpc) is 2.67. The number of carbonyl (C=O) groups excluding carboxylic acids is 2. The van der Waals surface area contributed by atoms with Crippen LogP contribution in [-0.4, -0.2) is 53.8 Å². The number of para-hydroxylation sites is 1. The summed E-state index contributed by atoms with van der Waals surface area (Å²) >= 11 is 0. The van der Waals surface area contributed by atoms with Gasteiger partial charge in [0.1, 0.15) is 11.6 Å². The Morgan fingerprint density at radius 3 is 2.35 bits per heavy atom. The summed E-state index contributed by atoms with van der Waals surface area (Å²) in [4.78, 5) is 33.2. The first-order valence-corrected chi connectivity index (χ1v) is 8.89. The lowest BCUT2D eigenvalue weighted by Crippen LogP contribution is -2.53. The lowest BCUT2D eigenvalue weighted by molar-refractivity contribution is -0.127. The molecule has 2 aromatic rings. The molecule has 26 heavy (non-hydrogen) atoms. The number of nitrogens with one attached hydrogen (secondary N) is 1. The van der Waals surface area contributed by atoms with Gasteiger partial charge in [-0.25, -0.2) is 4.98 Å². The van der Waals surface area contributed by atoms with E-state index in [0.717, 1.165) is 37.7 Å². The van der Waals surface area contributed by atoms with Crippen molar-refractivity contribution < 1.29 is 9.59 Å². The molecule has 0 bridgehead atoms. The van der Waals surface area contributed by atoms with E-state index < -0.39 is 0 Å². The monoisotopic (exact) mass is 352 g/mol. The third kappa shape index (κ3) is 4.67. The minimum Gasteiger partial charge on any atom is -0.354 e. The molecule has 1 saturated heterocycles. The second-order valence-electron chi connectivity index (χ2n) is 6.46. The number of hydrogen-bond donors (Lipinski definition) is 1.